The van der Waals surface area contributed by atoms with Gasteiger partial charge in [0, 0.05) is 30.2 Å². The Morgan fingerprint density at radius 1 is 1.21 bits per heavy atom. The first-order valence-corrected chi connectivity index (χ1v) is 8.22. The fourth-order valence-electron chi connectivity index (χ4n) is 3.26. The lowest BCUT2D eigenvalue weighted by Gasteiger charge is -2.20. The van der Waals surface area contributed by atoms with Gasteiger partial charge in [0.25, 0.3) is 5.91 Å². The average Bonchev–Trinajstić information content (AvgIpc) is 3.26. The number of pyridine rings is 1. The molecule has 0 aliphatic carbocycles. The molecule has 3 aromatic rings. The second kappa shape index (κ2) is 6.00. The van der Waals surface area contributed by atoms with Gasteiger partial charge in [0.15, 0.2) is 5.76 Å². The van der Waals surface area contributed by atoms with Crippen molar-refractivity contribution in [2.75, 3.05) is 23.3 Å². The van der Waals surface area contributed by atoms with E-state index in [2.05, 4.69) is 15.2 Å². The Balaban J connectivity index is 1.73. The maximum absolute atomic E-state index is 12.4. The number of aryl methyl sites for hydroxylation is 1. The van der Waals surface area contributed by atoms with Crippen LogP contribution in [-0.4, -0.2) is 24.0 Å². The van der Waals surface area contributed by atoms with Crippen LogP contribution in [0.2, 0.25) is 0 Å². The summed E-state index contributed by atoms with van der Waals surface area (Å²) in [6.45, 7) is 3.97. The van der Waals surface area contributed by atoms with Crippen LogP contribution >= 0.6 is 0 Å². The van der Waals surface area contributed by atoms with Crippen molar-refractivity contribution in [2.45, 2.75) is 19.8 Å². The van der Waals surface area contributed by atoms with Gasteiger partial charge in [-0.1, -0.05) is 0 Å². The third-order valence-corrected chi connectivity index (χ3v) is 4.51. The Kier molecular flexibility index (Phi) is 3.69. The van der Waals surface area contributed by atoms with Crippen LogP contribution in [0, 0.1) is 6.92 Å². The molecule has 5 nitrogen and oxygen atoms in total. The van der Waals surface area contributed by atoms with Crippen LogP contribution in [0.25, 0.3) is 10.9 Å². The second-order valence-corrected chi connectivity index (χ2v) is 6.11. The van der Waals surface area contributed by atoms with E-state index in [1.54, 1.807) is 12.3 Å². The van der Waals surface area contributed by atoms with Crippen molar-refractivity contribution in [3.8, 4) is 0 Å². The molecule has 0 unspecified atom stereocenters. The summed E-state index contributed by atoms with van der Waals surface area (Å²) < 4.78 is 5.28. The Morgan fingerprint density at radius 3 is 2.79 bits per heavy atom. The number of aromatic nitrogens is 1. The predicted molar refractivity (Wildman–Crippen MR) is 94.6 cm³/mol. The number of carbonyl (C=O) groups excluding carboxylic acids is 1. The van der Waals surface area contributed by atoms with E-state index < -0.39 is 0 Å². The van der Waals surface area contributed by atoms with E-state index in [0.29, 0.717) is 5.76 Å². The van der Waals surface area contributed by atoms with Crippen molar-refractivity contribution in [2.24, 2.45) is 0 Å². The molecule has 2 aromatic heterocycles. The number of nitrogens with zero attached hydrogens (tertiary/aromatic N) is 2. The summed E-state index contributed by atoms with van der Waals surface area (Å²) in [5.41, 5.74) is 3.63. The number of carbonyl (C=O) groups is 1. The molecule has 3 heterocycles. The monoisotopic (exact) mass is 321 g/mol. The smallest absolute Gasteiger partial charge is 0.291 e. The largest absolute Gasteiger partial charge is 0.459 e. The summed E-state index contributed by atoms with van der Waals surface area (Å²) in [6.07, 6.45) is 5.75. The molecule has 1 aromatic carbocycles. The van der Waals surface area contributed by atoms with Gasteiger partial charge in [0.1, 0.15) is 0 Å². The molecule has 5 heteroatoms. The fourth-order valence-corrected chi connectivity index (χ4v) is 3.26. The van der Waals surface area contributed by atoms with Crippen molar-refractivity contribution in [1.82, 2.24) is 4.98 Å². The summed E-state index contributed by atoms with van der Waals surface area (Å²) in [7, 11) is 0. The molecule has 0 spiro atoms. The van der Waals surface area contributed by atoms with E-state index in [0.717, 1.165) is 40.9 Å². The summed E-state index contributed by atoms with van der Waals surface area (Å²) in [5, 5.41) is 3.90. The average molecular weight is 321 g/mol. The summed E-state index contributed by atoms with van der Waals surface area (Å²) in [5.74, 6) is 0.104. The lowest BCUT2D eigenvalue weighted by molar-refractivity contribution is 0.0996. The molecule has 0 saturated carbocycles. The molecule has 1 fully saturated rings. The Hall–Kier alpha value is -2.82. The second-order valence-electron chi connectivity index (χ2n) is 6.11. The molecule has 1 N–H and O–H groups in total. The minimum Gasteiger partial charge on any atom is -0.459 e. The van der Waals surface area contributed by atoms with Gasteiger partial charge >= 0.3 is 0 Å². The first-order valence-electron chi connectivity index (χ1n) is 8.22. The number of rotatable bonds is 3. The number of fused-ring (bicyclic) bond motifs is 1. The molecule has 0 atom stereocenters. The summed E-state index contributed by atoms with van der Waals surface area (Å²) in [4.78, 5) is 19.4. The van der Waals surface area contributed by atoms with Crippen LogP contribution < -0.4 is 10.2 Å². The molecule has 122 valence electrons. The lowest BCUT2D eigenvalue weighted by atomic mass is 10.1. The molecule has 1 aliphatic rings. The fraction of sp³-hybridized carbons (Fsp3) is 0.263. The maximum atomic E-state index is 12.4. The van der Waals surface area contributed by atoms with Crippen LogP contribution in [0.3, 0.4) is 0 Å². The molecular formula is C19H19N3O2. The zero-order valence-electron chi connectivity index (χ0n) is 13.6. The van der Waals surface area contributed by atoms with E-state index >= 15 is 0 Å². The minimum atomic E-state index is -0.239. The van der Waals surface area contributed by atoms with E-state index in [1.807, 2.05) is 31.2 Å². The van der Waals surface area contributed by atoms with Gasteiger partial charge in [0.2, 0.25) is 0 Å². The minimum absolute atomic E-state index is 0.239. The van der Waals surface area contributed by atoms with Gasteiger partial charge < -0.3 is 14.6 Å². The third kappa shape index (κ3) is 2.52. The molecule has 4 rings (SSSR count). The van der Waals surface area contributed by atoms with Gasteiger partial charge in [-0.2, -0.15) is 0 Å². The van der Waals surface area contributed by atoms with Crippen LogP contribution in [0.4, 0.5) is 11.4 Å². The van der Waals surface area contributed by atoms with Gasteiger partial charge in [-0.15, -0.1) is 0 Å². The van der Waals surface area contributed by atoms with Crippen molar-refractivity contribution >= 4 is 28.2 Å². The van der Waals surface area contributed by atoms with Gasteiger partial charge in [0.05, 0.1) is 23.2 Å². The van der Waals surface area contributed by atoms with E-state index in [9.17, 15) is 4.79 Å². The number of nitrogens with one attached hydrogen (secondary N) is 1. The highest BCUT2D eigenvalue weighted by Crippen LogP contribution is 2.32. The number of anilines is 2. The van der Waals surface area contributed by atoms with Crippen LogP contribution in [0.15, 0.2) is 47.2 Å². The SMILES string of the molecule is Cc1ccoc1C(=O)Nc1ccc(N2CCCC2)c2ncccc12. The number of hydrogen-bond donors (Lipinski definition) is 1. The standard InChI is InChI=1S/C19H19N3O2/c1-13-8-12-24-18(13)19(23)21-15-6-7-16(22-10-2-3-11-22)17-14(15)5-4-9-20-17/h4-9,12H,2-3,10-11H2,1H3,(H,21,23). The summed E-state index contributed by atoms with van der Waals surface area (Å²) >= 11 is 0. The zero-order chi connectivity index (χ0) is 16.5. The van der Waals surface area contributed by atoms with Crippen LogP contribution in [0.1, 0.15) is 29.0 Å². The van der Waals surface area contributed by atoms with Crippen molar-refractivity contribution in [1.29, 1.82) is 0 Å². The Morgan fingerprint density at radius 2 is 2.04 bits per heavy atom. The third-order valence-electron chi connectivity index (χ3n) is 4.51. The normalized spacial score (nSPS) is 14.3. The van der Waals surface area contributed by atoms with Crippen molar-refractivity contribution < 1.29 is 9.21 Å². The molecule has 1 amide bonds. The molecular weight excluding hydrogens is 302 g/mol. The Labute approximate surface area is 140 Å². The van der Waals surface area contributed by atoms with Gasteiger partial charge in [-0.05, 0) is 50.1 Å². The highest BCUT2D eigenvalue weighted by molar-refractivity contribution is 6.09. The van der Waals surface area contributed by atoms with Gasteiger partial charge in [-0.3, -0.25) is 9.78 Å². The highest BCUT2D eigenvalue weighted by atomic mass is 16.3. The maximum Gasteiger partial charge on any atom is 0.291 e. The molecule has 1 saturated heterocycles. The first kappa shape index (κ1) is 14.8. The molecule has 0 radical (unpaired) electrons. The Bertz CT molecular complexity index is 895. The van der Waals surface area contributed by atoms with E-state index in [-0.39, 0.29) is 5.91 Å². The first-order chi connectivity index (χ1) is 11.7. The zero-order valence-corrected chi connectivity index (χ0v) is 13.6. The predicted octanol–water partition coefficient (Wildman–Crippen LogP) is 3.99. The van der Waals surface area contributed by atoms with Crippen molar-refractivity contribution in [3.05, 3.63) is 54.1 Å². The van der Waals surface area contributed by atoms with Crippen LogP contribution in [0.5, 0.6) is 0 Å². The summed E-state index contributed by atoms with van der Waals surface area (Å²) in [6, 6.07) is 9.67. The van der Waals surface area contributed by atoms with Crippen LogP contribution in [-0.2, 0) is 0 Å². The van der Waals surface area contributed by atoms with Gasteiger partial charge in [-0.25, -0.2) is 0 Å². The lowest BCUT2D eigenvalue weighted by Crippen LogP contribution is -2.18. The highest BCUT2D eigenvalue weighted by Gasteiger charge is 2.19. The molecule has 0 bridgehead atoms. The number of furan rings is 1. The van der Waals surface area contributed by atoms with Crippen molar-refractivity contribution in [3.63, 3.8) is 0 Å². The van der Waals surface area contributed by atoms with E-state index in [4.69, 9.17) is 4.42 Å². The quantitative estimate of drug-likeness (QED) is 0.792. The molecule has 24 heavy (non-hydrogen) atoms. The number of benzene rings is 1. The number of hydrogen-bond acceptors (Lipinski definition) is 4. The molecule has 1 aliphatic heterocycles. The van der Waals surface area contributed by atoms with E-state index in [1.165, 1.54) is 19.1 Å². The topological polar surface area (TPSA) is 58.4 Å². The number of amides is 1.